The first-order valence-electron chi connectivity index (χ1n) is 5.34. The first-order chi connectivity index (χ1) is 7.86. The van der Waals surface area contributed by atoms with Crippen LogP contribution in [0, 0.1) is 0 Å². The molecule has 1 heteroatoms. The molecule has 0 nitrogen and oxygen atoms in total. The number of fused-ring (bicyclic) bond motifs is 2. The van der Waals surface area contributed by atoms with Gasteiger partial charge in [0.15, 0.2) is 0 Å². The van der Waals surface area contributed by atoms with Gasteiger partial charge in [0, 0.05) is 4.43 Å². The average Bonchev–Trinajstić information content (AvgIpc) is 2.35. The van der Waals surface area contributed by atoms with Crippen molar-refractivity contribution in [3.63, 3.8) is 0 Å². The molecule has 0 bridgehead atoms. The fourth-order valence-electron chi connectivity index (χ4n) is 2.07. The second kappa shape index (κ2) is 4.06. The molecule has 0 fully saturated rings. The maximum atomic E-state index is 2.40. The van der Waals surface area contributed by atoms with Crippen LogP contribution in [0.25, 0.3) is 21.5 Å². The first kappa shape index (κ1) is 10.1. The molecule has 16 heavy (non-hydrogen) atoms. The minimum atomic E-state index is 1.07. The Balaban J connectivity index is 2.37. The van der Waals surface area contributed by atoms with Gasteiger partial charge >= 0.3 is 0 Å². The van der Waals surface area contributed by atoms with Crippen molar-refractivity contribution in [1.82, 2.24) is 0 Å². The van der Waals surface area contributed by atoms with Gasteiger partial charge in [-0.3, -0.25) is 0 Å². The van der Waals surface area contributed by atoms with Crippen molar-refractivity contribution in [2.24, 2.45) is 0 Å². The van der Waals surface area contributed by atoms with Gasteiger partial charge in [-0.1, -0.05) is 65.1 Å². The largest absolute Gasteiger partial charge is 0.0812 e. The molecule has 0 saturated carbocycles. The van der Waals surface area contributed by atoms with Crippen molar-refractivity contribution >= 4 is 44.1 Å². The molecule has 0 spiro atoms. The first-order valence-corrected chi connectivity index (χ1v) is 6.87. The van der Waals surface area contributed by atoms with Crippen molar-refractivity contribution < 1.29 is 0 Å². The third-order valence-electron chi connectivity index (χ3n) is 2.92. The zero-order chi connectivity index (χ0) is 11.0. The monoisotopic (exact) mass is 318 g/mol. The number of halogens is 1. The van der Waals surface area contributed by atoms with E-state index >= 15 is 0 Å². The predicted octanol–water partition coefficient (Wildman–Crippen LogP) is 4.93. The average molecular weight is 318 g/mol. The molecule has 0 amide bonds. The van der Waals surface area contributed by atoms with Crippen LogP contribution in [0.1, 0.15) is 5.56 Å². The molecule has 3 aromatic carbocycles. The molecule has 0 radical (unpaired) electrons. The van der Waals surface area contributed by atoms with Crippen LogP contribution in [0.3, 0.4) is 0 Å². The van der Waals surface area contributed by atoms with Crippen LogP contribution in [0.5, 0.6) is 0 Å². The molecule has 0 aliphatic heterocycles. The lowest BCUT2D eigenvalue weighted by Crippen LogP contribution is -1.79. The van der Waals surface area contributed by atoms with Gasteiger partial charge in [0.1, 0.15) is 0 Å². The summed E-state index contributed by atoms with van der Waals surface area (Å²) < 4.78 is 1.07. The van der Waals surface area contributed by atoms with E-state index in [-0.39, 0.29) is 0 Å². The lowest BCUT2D eigenvalue weighted by atomic mass is 10.0. The Bertz CT molecular complexity index is 656. The van der Waals surface area contributed by atoms with E-state index in [1.165, 1.54) is 27.1 Å². The molecule has 0 aliphatic rings. The van der Waals surface area contributed by atoms with E-state index in [4.69, 9.17) is 0 Å². The summed E-state index contributed by atoms with van der Waals surface area (Å²) in [6.45, 7) is 0. The summed E-state index contributed by atoms with van der Waals surface area (Å²) in [5.74, 6) is 0. The van der Waals surface area contributed by atoms with Crippen molar-refractivity contribution in [3.8, 4) is 0 Å². The van der Waals surface area contributed by atoms with Crippen LogP contribution in [-0.2, 0) is 4.43 Å². The topological polar surface area (TPSA) is 0 Å². The fourth-order valence-corrected chi connectivity index (χ4v) is 2.55. The minimum Gasteiger partial charge on any atom is -0.0812 e. The molecule has 0 atom stereocenters. The number of alkyl halides is 1. The Labute approximate surface area is 108 Å². The van der Waals surface area contributed by atoms with Gasteiger partial charge in [0.25, 0.3) is 0 Å². The van der Waals surface area contributed by atoms with Crippen LogP contribution in [0.15, 0.2) is 54.6 Å². The molecule has 0 unspecified atom stereocenters. The normalized spacial score (nSPS) is 11.1. The molecule has 0 heterocycles. The Morgan fingerprint density at radius 2 is 1.31 bits per heavy atom. The van der Waals surface area contributed by atoms with Crippen LogP contribution in [-0.4, -0.2) is 0 Å². The minimum absolute atomic E-state index is 1.07. The Morgan fingerprint density at radius 1 is 0.688 bits per heavy atom. The summed E-state index contributed by atoms with van der Waals surface area (Å²) in [6.07, 6.45) is 0. The van der Waals surface area contributed by atoms with Crippen LogP contribution >= 0.6 is 22.6 Å². The van der Waals surface area contributed by atoms with Gasteiger partial charge in [0.05, 0.1) is 0 Å². The fraction of sp³-hybridized carbons (Fsp3) is 0.0667. The molecule has 3 rings (SSSR count). The van der Waals surface area contributed by atoms with Gasteiger partial charge in [-0.2, -0.15) is 0 Å². The molecule has 78 valence electrons. The predicted molar refractivity (Wildman–Crippen MR) is 79.2 cm³/mol. The summed E-state index contributed by atoms with van der Waals surface area (Å²) >= 11 is 2.40. The highest BCUT2D eigenvalue weighted by molar-refractivity contribution is 14.1. The van der Waals surface area contributed by atoms with E-state index < -0.39 is 0 Å². The van der Waals surface area contributed by atoms with Crippen molar-refractivity contribution in [2.75, 3.05) is 0 Å². The summed E-state index contributed by atoms with van der Waals surface area (Å²) in [7, 11) is 0. The quantitative estimate of drug-likeness (QED) is 0.339. The lowest BCUT2D eigenvalue weighted by Gasteiger charge is -2.03. The van der Waals surface area contributed by atoms with Crippen molar-refractivity contribution in [1.29, 1.82) is 0 Å². The second-order valence-electron chi connectivity index (χ2n) is 4.01. The zero-order valence-electron chi connectivity index (χ0n) is 8.78. The Morgan fingerprint density at radius 3 is 2.00 bits per heavy atom. The van der Waals surface area contributed by atoms with E-state index in [0.29, 0.717) is 0 Å². The van der Waals surface area contributed by atoms with Gasteiger partial charge in [-0.15, -0.1) is 0 Å². The Hall–Kier alpha value is -1.09. The second-order valence-corrected chi connectivity index (χ2v) is 4.78. The number of benzene rings is 3. The van der Waals surface area contributed by atoms with Crippen LogP contribution in [0.2, 0.25) is 0 Å². The summed E-state index contributed by atoms with van der Waals surface area (Å²) in [6, 6.07) is 19.8. The summed E-state index contributed by atoms with van der Waals surface area (Å²) in [5.41, 5.74) is 1.39. The molecular weight excluding hydrogens is 307 g/mol. The standard InChI is InChI=1S/C15H11I/c16-10-11-5-6-14-8-12-3-1-2-4-13(12)9-15(14)7-11/h1-9H,10H2. The highest BCUT2D eigenvalue weighted by atomic mass is 127. The summed E-state index contributed by atoms with van der Waals surface area (Å²) in [4.78, 5) is 0. The van der Waals surface area contributed by atoms with E-state index in [0.717, 1.165) is 4.43 Å². The molecule has 0 N–H and O–H groups in total. The summed E-state index contributed by atoms with van der Waals surface area (Å²) in [5, 5.41) is 5.30. The molecule has 0 aromatic heterocycles. The van der Waals surface area contributed by atoms with E-state index in [9.17, 15) is 0 Å². The van der Waals surface area contributed by atoms with Gasteiger partial charge < -0.3 is 0 Å². The van der Waals surface area contributed by atoms with Crippen LogP contribution in [0.4, 0.5) is 0 Å². The molecular formula is C15H11I. The van der Waals surface area contributed by atoms with E-state index in [2.05, 4.69) is 77.2 Å². The number of rotatable bonds is 1. The maximum absolute atomic E-state index is 2.40. The smallest absolute Gasteiger partial charge is 0.0247 e. The van der Waals surface area contributed by atoms with Gasteiger partial charge in [-0.05, 0) is 39.2 Å². The third kappa shape index (κ3) is 1.69. The SMILES string of the molecule is ICc1ccc2cc3ccccc3cc2c1. The highest BCUT2D eigenvalue weighted by Gasteiger charge is 1.98. The molecule has 0 saturated heterocycles. The Kier molecular flexibility index (Phi) is 2.56. The highest BCUT2D eigenvalue weighted by Crippen LogP contribution is 2.24. The molecule has 3 aromatic rings. The van der Waals surface area contributed by atoms with Gasteiger partial charge in [0.2, 0.25) is 0 Å². The van der Waals surface area contributed by atoms with Gasteiger partial charge in [-0.25, -0.2) is 0 Å². The zero-order valence-corrected chi connectivity index (χ0v) is 10.9. The number of hydrogen-bond acceptors (Lipinski definition) is 0. The van der Waals surface area contributed by atoms with Crippen molar-refractivity contribution in [2.45, 2.75) is 4.43 Å². The lowest BCUT2D eigenvalue weighted by molar-refractivity contribution is 1.49. The van der Waals surface area contributed by atoms with E-state index in [1.807, 2.05) is 0 Å². The number of hydrogen-bond donors (Lipinski definition) is 0. The third-order valence-corrected chi connectivity index (χ3v) is 3.80. The maximum Gasteiger partial charge on any atom is 0.0247 e. The van der Waals surface area contributed by atoms with E-state index in [1.54, 1.807) is 0 Å². The van der Waals surface area contributed by atoms with Crippen molar-refractivity contribution in [3.05, 3.63) is 60.2 Å². The molecule has 0 aliphatic carbocycles. The van der Waals surface area contributed by atoms with Crippen LogP contribution < -0.4 is 0 Å².